The zero-order valence-electron chi connectivity index (χ0n) is 17.3. The Labute approximate surface area is 175 Å². The van der Waals surface area contributed by atoms with E-state index in [2.05, 4.69) is 9.80 Å². The van der Waals surface area contributed by atoms with Crippen LogP contribution in [0.5, 0.6) is 0 Å². The fourth-order valence-electron chi connectivity index (χ4n) is 4.83. The second-order valence-corrected chi connectivity index (χ2v) is 9.56. The number of carbonyl (C=O) groups excluding carboxylic acids is 1. The van der Waals surface area contributed by atoms with Crippen molar-refractivity contribution in [3.8, 4) is 0 Å². The first-order chi connectivity index (χ1) is 14.1. The number of morpholine rings is 1. The van der Waals surface area contributed by atoms with E-state index in [1.807, 2.05) is 25.4 Å². The highest BCUT2D eigenvalue weighted by Gasteiger charge is 2.35. The summed E-state index contributed by atoms with van der Waals surface area (Å²) in [4.78, 5) is 31.8. The first-order valence-corrected chi connectivity index (χ1v) is 11.5. The standard InChI is InChI=1S/C21H29N5O2S/c1-24(2)21(27)15-6-4-8-26(15)19-18-14-5-3-7-16(14)29-20(18)23-17(22-19)13-25-9-11-28-12-10-25/h15H,3-13H2,1-2H3/t15-/m0/s1. The van der Waals surface area contributed by atoms with E-state index in [0.29, 0.717) is 0 Å². The van der Waals surface area contributed by atoms with Crippen LogP contribution in [0.1, 0.15) is 35.5 Å². The molecule has 2 fully saturated rings. The first-order valence-electron chi connectivity index (χ1n) is 10.7. The number of fused-ring (bicyclic) bond motifs is 3. The molecule has 7 nitrogen and oxygen atoms in total. The van der Waals surface area contributed by atoms with Crippen molar-refractivity contribution < 1.29 is 9.53 Å². The lowest BCUT2D eigenvalue weighted by atomic mass is 10.1. The number of carbonyl (C=O) groups is 1. The molecule has 8 heteroatoms. The number of aromatic nitrogens is 2. The average molecular weight is 416 g/mol. The Morgan fingerprint density at radius 2 is 2.00 bits per heavy atom. The van der Waals surface area contributed by atoms with Gasteiger partial charge in [-0.1, -0.05) is 0 Å². The monoisotopic (exact) mass is 415 g/mol. The maximum absolute atomic E-state index is 12.9. The molecule has 1 atom stereocenters. The van der Waals surface area contributed by atoms with Gasteiger partial charge in [0.25, 0.3) is 0 Å². The highest BCUT2D eigenvalue weighted by Crippen LogP contribution is 2.42. The lowest BCUT2D eigenvalue weighted by Crippen LogP contribution is -2.43. The summed E-state index contributed by atoms with van der Waals surface area (Å²) in [5, 5.41) is 1.21. The molecule has 0 unspecified atom stereocenters. The maximum atomic E-state index is 12.9. The number of aryl methyl sites for hydroxylation is 2. The fourth-order valence-corrected chi connectivity index (χ4v) is 6.11. The number of hydrogen-bond acceptors (Lipinski definition) is 7. The van der Waals surface area contributed by atoms with E-state index in [-0.39, 0.29) is 11.9 Å². The van der Waals surface area contributed by atoms with E-state index < -0.39 is 0 Å². The van der Waals surface area contributed by atoms with Crippen molar-refractivity contribution in [2.45, 2.75) is 44.7 Å². The molecule has 0 aromatic carbocycles. The molecular weight excluding hydrogens is 386 g/mol. The second kappa shape index (κ2) is 7.81. The Kier molecular flexibility index (Phi) is 5.17. The number of thiophene rings is 1. The van der Waals surface area contributed by atoms with Gasteiger partial charge in [-0.05, 0) is 37.7 Å². The lowest BCUT2D eigenvalue weighted by Gasteiger charge is -2.29. The van der Waals surface area contributed by atoms with Crippen LogP contribution in [0.2, 0.25) is 0 Å². The normalized spacial score (nSPS) is 22.4. The third kappa shape index (κ3) is 3.51. The van der Waals surface area contributed by atoms with Gasteiger partial charge < -0.3 is 14.5 Å². The summed E-state index contributed by atoms with van der Waals surface area (Å²) in [6.45, 7) is 5.01. The topological polar surface area (TPSA) is 61.8 Å². The van der Waals surface area contributed by atoms with Crippen molar-refractivity contribution in [3.63, 3.8) is 0 Å². The van der Waals surface area contributed by atoms with Gasteiger partial charge >= 0.3 is 0 Å². The van der Waals surface area contributed by atoms with Gasteiger partial charge in [0.2, 0.25) is 5.91 Å². The number of amides is 1. The number of rotatable bonds is 4. The SMILES string of the molecule is CN(C)C(=O)[C@@H]1CCCN1c1nc(CN2CCOCC2)nc2sc3c(c12)CCC3. The van der Waals surface area contributed by atoms with Crippen molar-refractivity contribution in [1.29, 1.82) is 0 Å². The number of anilines is 1. The third-order valence-corrected chi connectivity index (χ3v) is 7.50. The molecule has 1 amide bonds. The van der Waals surface area contributed by atoms with Gasteiger partial charge in [0, 0.05) is 38.6 Å². The minimum absolute atomic E-state index is 0.115. The molecule has 5 rings (SSSR count). The molecule has 2 aromatic rings. The summed E-state index contributed by atoms with van der Waals surface area (Å²) >= 11 is 1.84. The smallest absolute Gasteiger partial charge is 0.244 e. The van der Waals surface area contributed by atoms with E-state index in [9.17, 15) is 4.79 Å². The number of nitrogens with zero attached hydrogens (tertiary/aromatic N) is 5. The summed E-state index contributed by atoms with van der Waals surface area (Å²) in [6.07, 6.45) is 5.39. The third-order valence-electron chi connectivity index (χ3n) is 6.31. The van der Waals surface area contributed by atoms with Gasteiger partial charge in [-0.15, -0.1) is 11.3 Å². The minimum atomic E-state index is -0.115. The summed E-state index contributed by atoms with van der Waals surface area (Å²) in [5.41, 5.74) is 1.43. The van der Waals surface area contributed by atoms with Gasteiger partial charge in [0.1, 0.15) is 22.5 Å². The molecule has 4 heterocycles. The molecule has 2 aliphatic heterocycles. The van der Waals surface area contributed by atoms with Crippen molar-refractivity contribution >= 4 is 33.3 Å². The molecule has 0 radical (unpaired) electrons. The molecule has 2 saturated heterocycles. The summed E-state index contributed by atoms with van der Waals surface area (Å²) in [6, 6.07) is -0.115. The van der Waals surface area contributed by atoms with Gasteiger partial charge in [0.15, 0.2) is 0 Å². The highest BCUT2D eigenvalue weighted by atomic mass is 32.1. The van der Waals surface area contributed by atoms with Crippen LogP contribution in [0.4, 0.5) is 5.82 Å². The van der Waals surface area contributed by atoms with E-state index in [1.165, 1.54) is 22.2 Å². The van der Waals surface area contributed by atoms with Crippen molar-refractivity contribution in [2.24, 2.45) is 0 Å². The molecule has 0 bridgehead atoms. The fraction of sp³-hybridized carbons (Fsp3) is 0.667. The number of likely N-dealkylation sites (N-methyl/N-ethyl adjacent to an activating group) is 1. The predicted molar refractivity (Wildman–Crippen MR) is 115 cm³/mol. The Morgan fingerprint density at radius 3 is 2.79 bits per heavy atom. The quantitative estimate of drug-likeness (QED) is 0.762. The molecule has 3 aliphatic rings. The Hall–Kier alpha value is -1.77. The zero-order chi connectivity index (χ0) is 20.0. The van der Waals surface area contributed by atoms with Crippen LogP contribution in [-0.4, -0.2) is 78.7 Å². The Morgan fingerprint density at radius 1 is 1.17 bits per heavy atom. The van der Waals surface area contributed by atoms with Crippen LogP contribution < -0.4 is 4.90 Å². The molecule has 0 spiro atoms. The molecule has 2 aromatic heterocycles. The summed E-state index contributed by atoms with van der Waals surface area (Å²) in [5.74, 6) is 2.04. The summed E-state index contributed by atoms with van der Waals surface area (Å²) < 4.78 is 5.49. The van der Waals surface area contributed by atoms with Crippen LogP contribution in [-0.2, 0) is 28.9 Å². The average Bonchev–Trinajstić information content (AvgIpc) is 3.43. The van der Waals surface area contributed by atoms with Gasteiger partial charge in [-0.3, -0.25) is 9.69 Å². The molecule has 29 heavy (non-hydrogen) atoms. The van der Waals surface area contributed by atoms with E-state index in [4.69, 9.17) is 14.7 Å². The van der Waals surface area contributed by atoms with E-state index in [0.717, 1.165) is 81.5 Å². The molecule has 0 N–H and O–H groups in total. The number of ether oxygens (including phenoxy) is 1. The molecular formula is C21H29N5O2S. The van der Waals surface area contributed by atoms with Crippen molar-refractivity contribution in [3.05, 3.63) is 16.3 Å². The maximum Gasteiger partial charge on any atom is 0.244 e. The van der Waals surface area contributed by atoms with Crippen molar-refractivity contribution in [1.82, 2.24) is 19.8 Å². The van der Waals surface area contributed by atoms with Crippen LogP contribution in [0.3, 0.4) is 0 Å². The summed E-state index contributed by atoms with van der Waals surface area (Å²) in [7, 11) is 3.70. The lowest BCUT2D eigenvalue weighted by molar-refractivity contribution is -0.129. The molecule has 156 valence electrons. The van der Waals surface area contributed by atoms with Crippen LogP contribution in [0.25, 0.3) is 10.2 Å². The van der Waals surface area contributed by atoms with Gasteiger partial charge in [-0.25, -0.2) is 9.97 Å². The number of hydrogen-bond donors (Lipinski definition) is 0. The Bertz CT molecular complexity index is 921. The van der Waals surface area contributed by atoms with Gasteiger partial charge in [-0.2, -0.15) is 0 Å². The van der Waals surface area contributed by atoms with Crippen LogP contribution >= 0.6 is 11.3 Å². The first kappa shape index (κ1) is 19.2. The van der Waals surface area contributed by atoms with Gasteiger partial charge in [0.05, 0.1) is 25.1 Å². The zero-order valence-corrected chi connectivity index (χ0v) is 18.1. The van der Waals surface area contributed by atoms with Crippen molar-refractivity contribution in [2.75, 3.05) is 51.8 Å². The highest BCUT2D eigenvalue weighted by molar-refractivity contribution is 7.19. The van der Waals surface area contributed by atoms with Crippen LogP contribution in [0.15, 0.2) is 0 Å². The Balaban J connectivity index is 1.57. The molecule has 1 aliphatic carbocycles. The van der Waals surface area contributed by atoms with Crippen LogP contribution in [0, 0.1) is 0 Å². The molecule has 0 saturated carbocycles. The minimum Gasteiger partial charge on any atom is -0.379 e. The predicted octanol–water partition coefficient (Wildman–Crippen LogP) is 2.07. The van der Waals surface area contributed by atoms with E-state index in [1.54, 1.807) is 4.90 Å². The second-order valence-electron chi connectivity index (χ2n) is 8.47. The van der Waals surface area contributed by atoms with E-state index >= 15 is 0 Å². The largest absolute Gasteiger partial charge is 0.379 e.